The Hall–Kier alpha value is -3.22. The van der Waals surface area contributed by atoms with Crippen LogP contribution in [0, 0.1) is 6.92 Å². The molecule has 1 N–H and O–H groups in total. The van der Waals surface area contributed by atoms with Crippen molar-refractivity contribution in [2.24, 2.45) is 0 Å². The van der Waals surface area contributed by atoms with E-state index >= 15 is 0 Å². The second kappa shape index (κ2) is 6.91. The number of para-hydroxylation sites is 1. The van der Waals surface area contributed by atoms with Crippen LogP contribution in [0.5, 0.6) is 0 Å². The summed E-state index contributed by atoms with van der Waals surface area (Å²) < 4.78 is 4.98. The average Bonchev–Trinajstić information content (AvgIpc) is 3.01. The summed E-state index contributed by atoms with van der Waals surface area (Å²) in [5, 5.41) is 6.74. The Morgan fingerprint density at radius 3 is 2.71 bits per heavy atom. The molecule has 0 spiro atoms. The lowest BCUT2D eigenvalue weighted by atomic mass is 10.2. The van der Waals surface area contributed by atoms with Gasteiger partial charge < -0.3 is 14.7 Å². The Bertz CT molecular complexity index is 832. The van der Waals surface area contributed by atoms with Crippen molar-refractivity contribution in [2.45, 2.75) is 13.8 Å². The number of hydrogen-bond acceptors (Lipinski definition) is 6. The molecule has 24 heavy (non-hydrogen) atoms. The van der Waals surface area contributed by atoms with Crippen molar-refractivity contribution in [2.75, 3.05) is 16.8 Å². The van der Waals surface area contributed by atoms with E-state index in [0.717, 1.165) is 5.69 Å². The number of hydrogen-bond donors (Lipinski definition) is 1. The van der Waals surface area contributed by atoms with Crippen molar-refractivity contribution >= 4 is 23.4 Å². The summed E-state index contributed by atoms with van der Waals surface area (Å²) in [5.41, 5.74) is 1.13. The summed E-state index contributed by atoms with van der Waals surface area (Å²) in [6.07, 6.45) is 1.54. The first kappa shape index (κ1) is 15.7. The molecular formula is C17H17N5O2. The third-order valence-electron chi connectivity index (χ3n) is 3.37. The summed E-state index contributed by atoms with van der Waals surface area (Å²) in [5.74, 6) is 1.27. The number of carbonyl (C=O) groups excluding carboxylic acids is 1. The summed E-state index contributed by atoms with van der Waals surface area (Å²) in [7, 11) is 0. The highest BCUT2D eigenvalue weighted by Gasteiger charge is 2.18. The summed E-state index contributed by atoms with van der Waals surface area (Å²) in [6.45, 7) is 4.25. The molecule has 0 bridgehead atoms. The average molecular weight is 323 g/mol. The van der Waals surface area contributed by atoms with Gasteiger partial charge in [0.25, 0.3) is 5.91 Å². The molecule has 0 saturated heterocycles. The van der Waals surface area contributed by atoms with Crippen LogP contribution in [-0.2, 0) is 0 Å². The van der Waals surface area contributed by atoms with Gasteiger partial charge in [-0.1, -0.05) is 23.4 Å². The molecule has 0 atom stereocenters. The molecule has 7 nitrogen and oxygen atoms in total. The molecule has 3 aromatic rings. The Morgan fingerprint density at radius 1 is 1.25 bits per heavy atom. The number of nitrogens with one attached hydrogen (secondary N) is 1. The molecule has 1 aromatic carbocycles. The SMILES string of the molecule is CCN(C(=O)c1ccnc(Nc2cc(C)on2)n1)c1ccccc1. The van der Waals surface area contributed by atoms with Crippen LogP contribution in [-0.4, -0.2) is 27.6 Å². The topological polar surface area (TPSA) is 84.2 Å². The van der Waals surface area contributed by atoms with Gasteiger partial charge in [-0.15, -0.1) is 0 Å². The second-order valence-corrected chi connectivity index (χ2v) is 5.10. The largest absolute Gasteiger partial charge is 0.360 e. The van der Waals surface area contributed by atoms with E-state index in [4.69, 9.17) is 4.52 Å². The summed E-state index contributed by atoms with van der Waals surface area (Å²) in [4.78, 5) is 22.8. The van der Waals surface area contributed by atoms with Crippen molar-refractivity contribution in [1.82, 2.24) is 15.1 Å². The van der Waals surface area contributed by atoms with Gasteiger partial charge in [-0.2, -0.15) is 0 Å². The highest BCUT2D eigenvalue weighted by Crippen LogP contribution is 2.17. The summed E-state index contributed by atoms with van der Waals surface area (Å²) in [6, 6.07) is 12.8. The van der Waals surface area contributed by atoms with Gasteiger partial charge in [0, 0.05) is 24.5 Å². The van der Waals surface area contributed by atoms with Gasteiger partial charge in [-0.3, -0.25) is 4.79 Å². The van der Waals surface area contributed by atoms with Crippen molar-refractivity contribution in [3.8, 4) is 0 Å². The van der Waals surface area contributed by atoms with E-state index in [2.05, 4.69) is 20.4 Å². The number of benzene rings is 1. The van der Waals surface area contributed by atoms with Crippen LogP contribution in [0.15, 0.2) is 53.2 Å². The quantitative estimate of drug-likeness (QED) is 0.776. The highest BCUT2D eigenvalue weighted by molar-refractivity contribution is 6.04. The minimum Gasteiger partial charge on any atom is -0.360 e. The van der Waals surface area contributed by atoms with Gasteiger partial charge in [-0.05, 0) is 32.0 Å². The second-order valence-electron chi connectivity index (χ2n) is 5.10. The molecular weight excluding hydrogens is 306 g/mol. The lowest BCUT2D eigenvalue weighted by Gasteiger charge is -2.20. The standard InChI is InChI=1S/C17H17N5O2/c1-3-22(13-7-5-4-6-8-13)16(23)14-9-10-18-17(19-14)20-15-11-12(2)24-21-15/h4-11H,3H2,1-2H3,(H,18,19,20,21). The first-order valence-corrected chi connectivity index (χ1v) is 7.57. The van der Waals surface area contributed by atoms with Crippen LogP contribution in [0.2, 0.25) is 0 Å². The monoisotopic (exact) mass is 323 g/mol. The fraction of sp³-hybridized carbons (Fsp3) is 0.176. The minimum absolute atomic E-state index is 0.189. The number of rotatable bonds is 5. The Morgan fingerprint density at radius 2 is 2.04 bits per heavy atom. The Labute approximate surface area is 139 Å². The van der Waals surface area contributed by atoms with Crippen LogP contribution in [0.4, 0.5) is 17.5 Å². The van der Waals surface area contributed by atoms with Crippen LogP contribution < -0.4 is 10.2 Å². The molecule has 7 heteroatoms. The smallest absolute Gasteiger partial charge is 0.277 e. The maximum atomic E-state index is 12.8. The lowest BCUT2D eigenvalue weighted by Crippen LogP contribution is -2.31. The van der Waals surface area contributed by atoms with E-state index in [1.54, 1.807) is 24.0 Å². The van der Waals surface area contributed by atoms with E-state index in [1.807, 2.05) is 37.3 Å². The zero-order chi connectivity index (χ0) is 16.9. The molecule has 0 unspecified atom stereocenters. The third kappa shape index (κ3) is 3.40. The van der Waals surface area contributed by atoms with Crippen LogP contribution >= 0.6 is 0 Å². The van der Waals surface area contributed by atoms with Gasteiger partial charge in [0.05, 0.1) is 0 Å². The number of aromatic nitrogens is 3. The zero-order valence-corrected chi connectivity index (χ0v) is 13.4. The maximum Gasteiger partial charge on any atom is 0.277 e. The van der Waals surface area contributed by atoms with Gasteiger partial charge in [0.2, 0.25) is 5.95 Å². The van der Waals surface area contributed by atoms with E-state index < -0.39 is 0 Å². The highest BCUT2D eigenvalue weighted by atomic mass is 16.5. The molecule has 122 valence electrons. The number of amides is 1. The number of carbonyl (C=O) groups is 1. The molecule has 0 fully saturated rings. The van der Waals surface area contributed by atoms with E-state index in [-0.39, 0.29) is 5.91 Å². The van der Waals surface area contributed by atoms with Crippen LogP contribution in [0.1, 0.15) is 23.2 Å². The van der Waals surface area contributed by atoms with Crippen molar-refractivity contribution in [1.29, 1.82) is 0 Å². The van der Waals surface area contributed by atoms with Gasteiger partial charge in [0.1, 0.15) is 11.5 Å². The lowest BCUT2D eigenvalue weighted by molar-refractivity contribution is 0.0983. The van der Waals surface area contributed by atoms with Crippen molar-refractivity contribution < 1.29 is 9.32 Å². The third-order valence-corrected chi connectivity index (χ3v) is 3.37. The molecule has 0 aliphatic rings. The van der Waals surface area contributed by atoms with E-state index in [1.165, 1.54) is 6.20 Å². The molecule has 1 amide bonds. The van der Waals surface area contributed by atoms with Crippen LogP contribution in [0.3, 0.4) is 0 Å². The Kier molecular flexibility index (Phi) is 4.51. The van der Waals surface area contributed by atoms with Crippen molar-refractivity contribution in [3.63, 3.8) is 0 Å². The molecule has 2 heterocycles. The normalized spacial score (nSPS) is 10.4. The number of aryl methyl sites for hydroxylation is 1. The molecule has 0 radical (unpaired) electrons. The molecule has 0 saturated carbocycles. The van der Waals surface area contributed by atoms with E-state index in [9.17, 15) is 4.79 Å². The zero-order valence-electron chi connectivity index (χ0n) is 13.4. The maximum absolute atomic E-state index is 12.8. The minimum atomic E-state index is -0.189. The fourth-order valence-electron chi connectivity index (χ4n) is 2.27. The first-order valence-electron chi connectivity index (χ1n) is 7.57. The predicted octanol–water partition coefficient (Wildman–Crippen LogP) is 3.18. The van der Waals surface area contributed by atoms with Crippen LogP contribution in [0.25, 0.3) is 0 Å². The van der Waals surface area contributed by atoms with E-state index in [0.29, 0.717) is 29.8 Å². The van der Waals surface area contributed by atoms with Crippen molar-refractivity contribution in [3.05, 3.63) is 60.1 Å². The fourth-order valence-corrected chi connectivity index (χ4v) is 2.27. The predicted molar refractivity (Wildman–Crippen MR) is 90.3 cm³/mol. The molecule has 3 rings (SSSR count). The Balaban J connectivity index is 1.83. The first-order chi connectivity index (χ1) is 11.7. The van der Waals surface area contributed by atoms with Gasteiger partial charge in [0.15, 0.2) is 5.82 Å². The summed E-state index contributed by atoms with van der Waals surface area (Å²) >= 11 is 0. The van der Waals surface area contributed by atoms with Gasteiger partial charge in [-0.25, -0.2) is 9.97 Å². The molecule has 0 aliphatic heterocycles. The number of anilines is 3. The number of nitrogens with zero attached hydrogens (tertiary/aromatic N) is 4. The van der Waals surface area contributed by atoms with Gasteiger partial charge >= 0.3 is 0 Å². The molecule has 0 aliphatic carbocycles. The molecule has 2 aromatic heterocycles.